The molecule has 0 atom stereocenters. The molecule has 0 rings (SSSR count). The second kappa shape index (κ2) is 10.9. The fourth-order valence-electron chi connectivity index (χ4n) is 2.01. The van der Waals surface area contributed by atoms with Gasteiger partial charge in [0.15, 0.2) is 0 Å². The van der Waals surface area contributed by atoms with Gasteiger partial charge in [-0.05, 0) is 0 Å². The molecule has 2 nitrogen and oxygen atoms in total. The molecule has 0 heterocycles. The van der Waals surface area contributed by atoms with Crippen molar-refractivity contribution in [3.63, 3.8) is 0 Å². The van der Waals surface area contributed by atoms with E-state index >= 15 is 0 Å². The number of rotatable bonds is 0. The molecule has 130 valence electrons. The summed E-state index contributed by atoms with van der Waals surface area (Å²) in [6.45, 7) is 25.5. The van der Waals surface area contributed by atoms with E-state index in [2.05, 4.69) is 93.7 Å². The van der Waals surface area contributed by atoms with E-state index in [0.717, 1.165) is 0 Å². The minimum absolute atomic E-state index is 0.109. The number of halogens is 2. The van der Waals surface area contributed by atoms with Crippen LogP contribution >= 0.6 is 18.6 Å². The molecule has 0 radical (unpaired) electrons. The standard InChI is InChI=1S/2C8H18N.2ClH.Ti/c2*1-7(2,3)9-8(4,5)6;;;/h2*1-6H3;2*1H;/q2*-1;;;+2/p-2. The molecule has 0 aromatic carbocycles. The Bertz CT molecular complexity index is 193. The van der Waals surface area contributed by atoms with E-state index in [1.54, 1.807) is 0 Å². The Labute approximate surface area is 151 Å². The molecule has 0 saturated heterocycles. The number of hydrogen-bond donors (Lipinski definition) is 0. The average Bonchev–Trinajstić information content (AvgIpc) is 1.88. The van der Waals surface area contributed by atoms with Crippen LogP contribution in [0.4, 0.5) is 0 Å². The van der Waals surface area contributed by atoms with Crippen molar-refractivity contribution in [2.75, 3.05) is 0 Å². The summed E-state index contributed by atoms with van der Waals surface area (Å²) in [5.41, 5.74) is 0.438. The molecule has 0 aromatic rings. The van der Waals surface area contributed by atoms with Crippen molar-refractivity contribution in [3.05, 3.63) is 10.6 Å². The van der Waals surface area contributed by atoms with E-state index in [1.165, 1.54) is 0 Å². The molecule has 0 aromatic heterocycles. The van der Waals surface area contributed by atoms with Gasteiger partial charge in [0.05, 0.1) is 0 Å². The summed E-state index contributed by atoms with van der Waals surface area (Å²) >= 11 is -0.556. The van der Waals surface area contributed by atoms with E-state index in [0.29, 0.717) is 0 Å². The first-order valence-corrected chi connectivity index (χ1v) is 11.6. The van der Waals surface area contributed by atoms with Crippen molar-refractivity contribution in [2.45, 2.75) is 105 Å². The molecule has 0 fully saturated rings. The normalized spacial score (nSPS) is 12.7. The first-order valence-electron chi connectivity index (χ1n) is 7.27. The third kappa shape index (κ3) is 44.9. The van der Waals surface area contributed by atoms with Crippen LogP contribution < -0.4 is 0 Å². The fourth-order valence-corrected chi connectivity index (χ4v) is 2.01. The molecule has 0 aliphatic heterocycles. The molecular formula is C16H36Cl2N2Ti-2. The van der Waals surface area contributed by atoms with Gasteiger partial charge in [-0.25, -0.2) is 0 Å². The third-order valence-electron chi connectivity index (χ3n) is 1.34. The summed E-state index contributed by atoms with van der Waals surface area (Å²) in [6, 6.07) is 0. The van der Waals surface area contributed by atoms with Gasteiger partial charge in [0.25, 0.3) is 0 Å². The summed E-state index contributed by atoms with van der Waals surface area (Å²) < 4.78 is 0. The van der Waals surface area contributed by atoms with Gasteiger partial charge in [-0.1, -0.05) is 83.1 Å². The molecule has 0 amide bonds. The van der Waals surface area contributed by atoms with Gasteiger partial charge in [-0.2, -0.15) is 0 Å². The van der Waals surface area contributed by atoms with Gasteiger partial charge in [0.2, 0.25) is 0 Å². The van der Waals surface area contributed by atoms with E-state index in [-0.39, 0.29) is 22.2 Å². The van der Waals surface area contributed by atoms with Crippen LogP contribution in [-0.4, -0.2) is 22.2 Å². The molecule has 0 N–H and O–H groups in total. The van der Waals surface area contributed by atoms with Crippen LogP contribution in [0, 0.1) is 0 Å². The Morgan fingerprint density at radius 1 is 0.476 bits per heavy atom. The fraction of sp³-hybridized carbons (Fsp3) is 1.00. The van der Waals surface area contributed by atoms with E-state index in [4.69, 9.17) is 18.6 Å². The Hall–Kier alpha value is 1.21. The van der Waals surface area contributed by atoms with Crippen molar-refractivity contribution in [2.24, 2.45) is 0 Å². The predicted octanol–water partition coefficient (Wildman–Crippen LogP) is 7.29. The maximum absolute atomic E-state index is 4.89. The van der Waals surface area contributed by atoms with Crippen LogP contribution in [0.1, 0.15) is 83.1 Å². The minimum atomic E-state index is -0.556. The third-order valence-corrected chi connectivity index (χ3v) is 1.34. The second-order valence-corrected chi connectivity index (χ2v) is 11.6. The van der Waals surface area contributed by atoms with Gasteiger partial charge in [-0.3, -0.25) is 0 Å². The summed E-state index contributed by atoms with van der Waals surface area (Å²) in [5, 5.41) is 9.08. The number of nitrogens with zero attached hydrogens (tertiary/aromatic N) is 2. The maximum atomic E-state index is 4.89. The molecule has 0 aliphatic rings. The Balaban J connectivity index is -0.000000260. The van der Waals surface area contributed by atoms with Crippen LogP contribution in [0.5, 0.6) is 0 Å². The molecule has 0 unspecified atom stereocenters. The monoisotopic (exact) mass is 374 g/mol. The van der Waals surface area contributed by atoms with Gasteiger partial charge >= 0.3 is 35.6 Å². The van der Waals surface area contributed by atoms with Crippen molar-refractivity contribution in [1.82, 2.24) is 0 Å². The average molecular weight is 375 g/mol. The molecule has 21 heavy (non-hydrogen) atoms. The summed E-state index contributed by atoms with van der Waals surface area (Å²) in [7, 11) is 9.78. The van der Waals surface area contributed by atoms with Crippen molar-refractivity contribution in [1.29, 1.82) is 0 Å². The van der Waals surface area contributed by atoms with Gasteiger partial charge < -0.3 is 10.6 Å². The van der Waals surface area contributed by atoms with Crippen LogP contribution in [-0.2, 0) is 17.0 Å². The Kier molecular flexibility index (Phi) is 14.0. The zero-order valence-electron chi connectivity index (χ0n) is 16.2. The van der Waals surface area contributed by atoms with E-state index in [9.17, 15) is 0 Å². The second-order valence-electron chi connectivity index (χ2n) is 8.98. The van der Waals surface area contributed by atoms with Crippen molar-refractivity contribution >= 4 is 18.6 Å². The summed E-state index contributed by atoms with van der Waals surface area (Å²) in [6.07, 6.45) is 0. The molecule has 0 spiro atoms. The van der Waals surface area contributed by atoms with E-state index < -0.39 is 17.0 Å². The van der Waals surface area contributed by atoms with Crippen molar-refractivity contribution in [3.8, 4) is 0 Å². The number of hydrogen-bond acceptors (Lipinski definition) is 0. The molecule has 5 heteroatoms. The van der Waals surface area contributed by atoms with E-state index in [1.807, 2.05) is 0 Å². The molecule has 0 aliphatic carbocycles. The Morgan fingerprint density at radius 3 is 0.571 bits per heavy atom. The quantitative estimate of drug-likeness (QED) is 0.398. The zero-order chi connectivity index (χ0) is 18.1. The Morgan fingerprint density at radius 2 is 0.571 bits per heavy atom. The van der Waals surface area contributed by atoms with Crippen LogP contribution in [0.15, 0.2) is 0 Å². The first-order chi connectivity index (χ1) is 8.83. The summed E-state index contributed by atoms with van der Waals surface area (Å²) in [5.74, 6) is 0. The SMILES string of the molecule is CC(C)(C)[N-]C(C)(C)C.CC(C)(C)[N-]C(C)(C)C.[Cl][Ti][Cl]. The van der Waals surface area contributed by atoms with Gasteiger partial charge in [0.1, 0.15) is 0 Å². The first kappa shape index (κ1) is 27.1. The molecule has 0 saturated carbocycles. The van der Waals surface area contributed by atoms with Gasteiger partial charge in [0, 0.05) is 0 Å². The van der Waals surface area contributed by atoms with Gasteiger partial charge in [-0.15, -0.1) is 22.2 Å². The molecular weight excluding hydrogens is 339 g/mol. The molecule has 0 bridgehead atoms. The van der Waals surface area contributed by atoms with Crippen molar-refractivity contribution < 1.29 is 17.0 Å². The zero-order valence-corrected chi connectivity index (χ0v) is 19.2. The predicted molar refractivity (Wildman–Crippen MR) is 97.4 cm³/mol. The van der Waals surface area contributed by atoms with Crippen LogP contribution in [0.3, 0.4) is 0 Å². The van der Waals surface area contributed by atoms with Crippen LogP contribution in [0.25, 0.3) is 10.6 Å². The van der Waals surface area contributed by atoms with Crippen LogP contribution in [0.2, 0.25) is 0 Å². The topological polar surface area (TPSA) is 28.2 Å². The summed E-state index contributed by atoms with van der Waals surface area (Å²) in [4.78, 5) is 0.